The van der Waals surface area contributed by atoms with E-state index in [2.05, 4.69) is 6.07 Å². The number of hydrogen-bond donors (Lipinski definition) is 0. The highest BCUT2D eigenvalue weighted by molar-refractivity contribution is 5.86. The van der Waals surface area contributed by atoms with Crippen LogP contribution in [0, 0.1) is 16.7 Å². The zero-order valence-corrected chi connectivity index (χ0v) is 11.9. The minimum Gasteiger partial charge on any atom is -0.450 e. The van der Waals surface area contributed by atoms with Gasteiger partial charge in [0.15, 0.2) is 0 Å². The van der Waals surface area contributed by atoms with E-state index in [-0.39, 0.29) is 12.0 Å². The summed E-state index contributed by atoms with van der Waals surface area (Å²) < 4.78 is 4.95. The molecule has 20 heavy (non-hydrogen) atoms. The Labute approximate surface area is 119 Å². The van der Waals surface area contributed by atoms with Crippen molar-refractivity contribution in [3.63, 3.8) is 0 Å². The van der Waals surface area contributed by atoms with Gasteiger partial charge in [-0.1, -0.05) is 12.8 Å². The fraction of sp³-hybridized carbons (Fsp3) is 0.786. The van der Waals surface area contributed by atoms with Crippen molar-refractivity contribution in [2.75, 3.05) is 32.8 Å². The number of hydrogen-bond acceptors (Lipinski definition) is 4. The molecule has 110 valence electrons. The zero-order chi connectivity index (χ0) is 14.6. The summed E-state index contributed by atoms with van der Waals surface area (Å²) in [4.78, 5) is 27.5. The Morgan fingerprint density at radius 3 is 2.20 bits per heavy atom. The number of piperazine rings is 1. The average molecular weight is 279 g/mol. The highest BCUT2D eigenvalue weighted by Crippen LogP contribution is 2.39. The number of nitrogens with zero attached hydrogens (tertiary/aromatic N) is 3. The summed E-state index contributed by atoms with van der Waals surface area (Å²) in [5.41, 5.74) is -0.813. The summed E-state index contributed by atoms with van der Waals surface area (Å²) in [5.74, 6) is -0.0546. The second-order valence-corrected chi connectivity index (χ2v) is 5.38. The van der Waals surface area contributed by atoms with Crippen LogP contribution >= 0.6 is 0 Å². The predicted octanol–water partition coefficient (Wildman–Crippen LogP) is 1.37. The first-order chi connectivity index (χ1) is 9.63. The molecule has 0 unspecified atom stereocenters. The predicted molar refractivity (Wildman–Crippen MR) is 71.7 cm³/mol. The molecule has 1 aliphatic heterocycles. The summed E-state index contributed by atoms with van der Waals surface area (Å²) in [6, 6.07) is 2.23. The van der Waals surface area contributed by atoms with Gasteiger partial charge < -0.3 is 14.5 Å². The minimum absolute atomic E-state index is 0.0546. The van der Waals surface area contributed by atoms with Crippen LogP contribution in [0.3, 0.4) is 0 Å². The van der Waals surface area contributed by atoms with Crippen molar-refractivity contribution >= 4 is 12.0 Å². The van der Waals surface area contributed by atoms with Crippen LogP contribution in [0.25, 0.3) is 0 Å². The van der Waals surface area contributed by atoms with Crippen molar-refractivity contribution in [3.05, 3.63) is 0 Å². The lowest BCUT2D eigenvalue weighted by Gasteiger charge is -2.37. The van der Waals surface area contributed by atoms with Gasteiger partial charge in [-0.2, -0.15) is 5.26 Å². The number of rotatable bonds is 2. The molecule has 0 aromatic carbocycles. The number of carbonyl (C=O) groups excluding carboxylic acids is 2. The van der Waals surface area contributed by atoms with E-state index in [1.54, 1.807) is 16.7 Å². The van der Waals surface area contributed by atoms with Gasteiger partial charge in [0, 0.05) is 26.2 Å². The molecule has 1 saturated carbocycles. The first-order valence-electron chi connectivity index (χ1n) is 7.25. The smallest absolute Gasteiger partial charge is 0.409 e. The molecule has 6 nitrogen and oxygen atoms in total. The topological polar surface area (TPSA) is 73.6 Å². The first-order valence-corrected chi connectivity index (χ1v) is 7.25. The van der Waals surface area contributed by atoms with Crippen molar-refractivity contribution in [3.8, 4) is 6.07 Å². The molecule has 1 aliphatic carbocycles. The van der Waals surface area contributed by atoms with Crippen LogP contribution in [0.2, 0.25) is 0 Å². The number of carbonyl (C=O) groups is 2. The molecule has 0 atom stereocenters. The van der Waals surface area contributed by atoms with Crippen LogP contribution in [0.5, 0.6) is 0 Å². The molecule has 0 spiro atoms. The lowest BCUT2D eigenvalue weighted by molar-refractivity contribution is -0.140. The van der Waals surface area contributed by atoms with Crippen LogP contribution in [-0.4, -0.2) is 54.6 Å². The van der Waals surface area contributed by atoms with Crippen molar-refractivity contribution in [1.29, 1.82) is 5.26 Å². The Kier molecular flexibility index (Phi) is 4.48. The Bertz CT molecular complexity index is 416. The molecule has 0 aromatic rings. The molecule has 2 rings (SSSR count). The van der Waals surface area contributed by atoms with Crippen molar-refractivity contribution in [2.45, 2.75) is 32.6 Å². The van der Waals surface area contributed by atoms with Crippen LogP contribution in [0.4, 0.5) is 4.79 Å². The van der Waals surface area contributed by atoms with Gasteiger partial charge in [-0.25, -0.2) is 4.79 Å². The Morgan fingerprint density at radius 1 is 1.15 bits per heavy atom. The fourth-order valence-corrected chi connectivity index (χ4v) is 2.96. The van der Waals surface area contributed by atoms with Crippen molar-refractivity contribution in [2.24, 2.45) is 5.41 Å². The third-order valence-corrected chi connectivity index (χ3v) is 4.17. The van der Waals surface area contributed by atoms with Gasteiger partial charge in [0.2, 0.25) is 5.91 Å². The molecule has 2 fully saturated rings. The van der Waals surface area contributed by atoms with E-state index in [1.807, 2.05) is 0 Å². The third-order valence-electron chi connectivity index (χ3n) is 4.17. The molecule has 6 heteroatoms. The molecule has 0 bridgehead atoms. The Balaban J connectivity index is 1.92. The van der Waals surface area contributed by atoms with Crippen molar-refractivity contribution in [1.82, 2.24) is 9.80 Å². The molecular formula is C14H21N3O3. The van der Waals surface area contributed by atoms with Gasteiger partial charge in [-0.15, -0.1) is 0 Å². The first kappa shape index (κ1) is 14.6. The van der Waals surface area contributed by atoms with Gasteiger partial charge in [-0.3, -0.25) is 4.79 Å². The molecule has 0 N–H and O–H groups in total. The standard InChI is InChI=1S/C14H21N3O3/c1-2-20-13(19)17-9-7-16(8-10-17)12(18)14(11-15)5-3-4-6-14/h2-10H2,1H3. The monoisotopic (exact) mass is 279 g/mol. The number of amides is 2. The fourth-order valence-electron chi connectivity index (χ4n) is 2.96. The van der Waals surface area contributed by atoms with Crippen LogP contribution in [0.1, 0.15) is 32.6 Å². The Hall–Kier alpha value is -1.77. The molecule has 0 aromatic heterocycles. The highest BCUT2D eigenvalue weighted by Gasteiger charge is 2.44. The van der Waals surface area contributed by atoms with E-state index >= 15 is 0 Å². The van der Waals surface area contributed by atoms with E-state index in [0.717, 1.165) is 12.8 Å². The van der Waals surface area contributed by atoms with Gasteiger partial charge >= 0.3 is 6.09 Å². The van der Waals surface area contributed by atoms with E-state index in [9.17, 15) is 14.9 Å². The highest BCUT2D eigenvalue weighted by atomic mass is 16.6. The van der Waals surface area contributed by atoms with Gasteiger partial charge in [0.25, 0.3) is 0 Å². The van der Waals surface area contributed by atoms with Crippen molar-refractivity contribution < 1.29 is 14.3 Å². The van der Waals surface area contributed by atoms with E-state index in [0.29, 0.717) is 45.6 Å². The van der Waals surface area contributed by atoms with Crippen LogP contribution < -0.4 is 0 Å². The molecular weight excluding hydrogens is 258 g/mol. The lowest BCUT2D eigenvalue weighted by atomic mass is 9.86. The quantitative estimate of drug-likeness (QED) is 0.765. The largest absolute Gasteiger partial charge is 0.450 e. The van der Waals surface area contributed by atoms with E-state index < -0.39 is 5.41 Å². The second-order valence-electron chi connectivity index (χ2n) is 5.38. The maximum Gasteiger partial charge on any atom is 0.409 e. The zero-order valence-electron chi connectivity index (χ0n) is 11.9. The van der Waals surface area contributed by atoms with Gasteiger partial charge in [-0.05, 0) is 19.8 Å². The second kappa shape index (κ2) is 6.12. The molecule has 2 aliphatic rings. The third kappa shape index (κ3) is 2.72. The van der Waals surface area contributed by atoms with Crippen LogP contribution in [0.15, 0.2) is 0 Å². The average Bonchev–Trinajstić information content (AvgIpc) is 2.97. The SMILES string of the molecule is CCOC(=O)N1CCN(C(=O)C2(C#N)CCCC2)CC1. The number of ether oxygens (including phenoxy) is 1. The molecule has 1 heterocycles. The maximum absolute atomic E-state index is 12.5. The molecule has 1 saturated heterocycles. The van der Waals surface area contributed by atoms with Gasteiger partial charge in [0.05, 0.1) is 12.7 Å². The van der Waals surface area contributed by atoms with E-state index in [1.165, 1.54) is 0 Å². The number of nitriles is 1. The summed E-state index contributed by atoms with van der Waals surface area (Å²) in [6.07, 6.45) is 2.90. The van der Waals surface area contributed by atoms with E-state index in [4.69, 9.17) is 4.74 Å². The molecule has 2 amide bonds. The molecule has 0 radical (unpaired) electrons. The summed E-state index contributed by atoms with van der Waals surface area (Å²) in [7, 11) is 0. The normalized spacial score (nSPS) is 21.4. The summed E-state index contributed by atoms with van der Waals surface area (Å²) >= 11 is 0. The van der Waals surface area contributed by atoms with Crippen LogP contribution in [-0.2, 0) is 9.53 Å². The Morgan fingerprint density at radius 2 is 1.70 bits per heavy atom. The lowest BCUT2D eigenvalue weighted by Crippen LogP contribution is -2.53. The summed E-state index contributed by atoms with van der Waals surface area (Å²) in [5, 5.41) is 9.35. The van der Waals surface area contributed by atoms with Gasteiger partial charge in [0.1, 0.15) is 5.41 Å². The minimum atomic E-state index is -0.813. The maximum atomic E-state index is 12.5. The summed E-state index contributed by atoms with van der Waals surface area (Å²) in [6.45, 7) is 4.06.